The molecule has 1 aliphatic carbocycles. The molecule has 1 aromatic rings. The first kappa shape index (κ1) is 11.4. The van der Waals surface area contributed by atoms with Gasteiger partial charge in [0.05, 0.1) is 6.10 Å². The van der Waals surface area contributed by atoms with Crippen molar-refractivity contribution in [1.82, 2.24) is 0 Å². The predicted molar refractivity (Wildman–Crippen MR) is 67.4 cm³/mol. The maximum absolute atomic E-state index is 10.3. The van der Waals surface area contributed by atoms with Gasteiger partial charge in [-0.05, 0) is 55.7 Å². The summed E-state index contributed by atoms with van der Waals surface area (Å²) in [6.45, 7) is 4.21. The zero-order valence-corrected chi connectivity index (χ0v) is 10.1. The van der Waals surface area contributed by atoms with Crippen LogP contribution in [0.5, 0.6) is 0 Å². The molecule has 16 heavy (non-hydrogen) atoms. The molecule has 0 fully saturated rings. The van der Waals surface area contributed by atoms with Crippen LogP contribution in [-0.2, 0) is 0 Å². The third-order valence-electron chi connectivity index (χ3n) is 3.63. The summed E-state index contributed by atoms with van der Waals surface area (Å²) in [6, 6.07) is 6.29. The van der Waals surface area contributed by atoms with Crippen LogP contribution in [0.3, 0.4) is 0 Å². The zero-order chi connectivity index (χ0) is 11.5. The van der Waals surface area contributed by atoms with Crippen LogP contribution in [0.25, 0.3) is 0 Å². The summed E-state index contributed by atoms with van der Waals surface area (Å²) in [6.07, 6.45) is 7.32. The maximum atomic E-state index is 10.3. The van der Waals surface area contributed by atoms with Crippen LogP contribution in [0, 0.1) is 19.8 Å². The van der Waals surface area contributed by atoms with Gasteiger partial charge < -0.3 is 5.11 Å². The first-order chi connectivity index (χ1) is 7.68. The van der Waals surface area contributed by atoms with Crippen LogP contribution in [-0.4, -0.2) is 5.11 Å². The van der Waals surface area contributed by atoms with Gasteiger partial charge in [0.2, 0.25) is 0 Å². The molecule has 1 heteroatoms. The fourth-order valence-corrected chi connectivity index (χ4v) is 2.32. The first-order valence-electron chi connectivity index (χ1n) is 6.08. The molecule has 0 spiro atoms. The lowest BCUT2D eigenvalue weighted by atomic mass is 9.85. The molecule has 2 atom stereocenters. The topological polar surface area (TPSA) is 20.2 Å². The van der Waals surface area contributed by atoms with Crippen LogP contribution in [0.15, 0.2) is 30.4 Å². The Labute approximate surface area is 97.8 Å². The van der Waals surface area contributed by atoms with Crippen molar-refractivity contribution in [1.29, 1.82) is 0 Å². The highest BCUT2D eigenvalue weighted by Gasteiger charge is 2.21. The van der Waals surface area contributed by atoms with Crippen molar-refractivity contribution in [3.8, 4) is 0 Å². The molecule has 86 valence electrons. The van der Waals surface area contributed by atoms with Crippen LogP contribution >= 0.6 is 0 Å². The van der Waals surface area contributed by atoms with Crippen molar-refractivity contribution < 1.29 is 5.11 Å². The number of benzene rings is 1. The van der Waals surface area contributed by atoms with E-state index >= 15 is 0 Å². The highest BCUT2D eigenvalue weighted by atomic mass is 16.3. The third-order valence-corrected chi connectivity index (χ3v) is 3.63. The first-order valence-corrected chi connectivity index (χ1v) is 6.08. The third kappa shape index (κ3) is 2.35. The molecular formula is C15H20O. The Morgan fingerprint density at radius 3 is 2.62 bits per heavy atom. The van der Waals surface area contributed by atoms with Gasteiger partial charge in [-0.2, -0.15) is 0 Å². The number of hydrogen-bond donors (Lipinski definition) is 1. The van der Waals surface area contributed by atoms with Crippen molar-refractivity contribution in [2.45, 2.75) is 39.2 Å². The van der Waals surface area contributed by atoms with Gasteiger partial charge in [-0.15, -0.1) is 0 Å². The summed E-state index contributed by atoms with van der Waals surface area (Å²) in [5, 5.41) is 10.3. The Morgan fingerprint density at radius 1 is 1.19 bits per heavy atom. The number of allylic oxidation sites excluding steroid dienone is 2. The Balaban J connectivity index is 2.16. The predicted octanol–water partition coefficient (Wildman–Crippen LogP) is 3.69. The van der Waals surface area contributed by atoms with Crippen molar-refractivity contribution in [3.63, 3.8) is 0 Å². The number of aliphatic hydroxyl groups excluding tert-OH is 1. The standard InChI is InChI=1S/C15H20O/c1-11-8-9-14(10-12(11)2)15(16)13-6-4-3-5-7-13/h3-4,8-10,13,15-16H,5-7H2,1-2H3. The molecule has 0 saturated heterocycles. The van der Waals surface area contributed by atoms with E-state index in [0.29, 0.717) is 5.92 Å². The van der Waals surface area contributed by atoms with Crippen LogP contribution in [0.2, 0.25) is 0 Å². The summed E-state index contributed by atoms with van der Waals surface area (Å²) in [5.74, 6) is 0.395. The molecule has 0 radical (unpaired) electrons. The van der Waals surface area contributed by atoms with Crippen molar-refractivity contribution in [3.05, 3.63) is 47.0 Å². The van der Waals surface area contributed by atoms with Gasteiger partial charge in [-0.1, -0.05) is 30.4 Å². The van der Waals surface area contributed by atoms with E-state index in [1.165, 1.54) is 11.1 Å². The van der Waals surface area contributed by atoms with Crippen LogP contribution in [0.1, 0.15) is 42.1 Å². The highest BCUT2D eigenvalue weighted by molar-refractivity contribution is 5.31. The number of rotatable bonds is 2. The van der Waals surface area contributed by atoms with Gasteiger partial charge in [0.25, 0.3) is 0 Å². The second kappa shape index (κ2) is 4.84. The van der Waals surface area contributed by atoms with E-state index in [4.69, 9.17) is 0 Å². The van der Waals surface area contributed by atoms with E-state index in [2.05, 4.69) is 44.2 Å². The molecular weight excluding hydrogens is 196 g/mol. The number of hydrogen-bond acceptors (Lipinski definition) is 1. The summed E-state index contributed by atoms with van der Waals surface area (Å²) < 4.78 is 0. The monoisotopic (exact) mass is 216 g/mol. The average molecular weight is 216 g/mol. The normalized spacial score (nSPS) is 22.1. The lowest BCUT2D eigenvalue weighted by molar-refractivity contribution is 0.102. The molecule has 2 unspecified atom stereocenters. The summed E-state index contributed by atoms with van der Waals surface area (Å²) in [5.41, 5.74) is 3.63. The van der Waals surface area contributed by atoms with Crippen LogP contribution in [0.4, 0.5) is 0 Å². The van der Waals surface area contributed by atoms with Gasteiger partial charge in [0.1, 0.15) is 0 Å². The smallest absolute Gasteiger partial charge is 0.0821 e. The summed E-state index contributed by atoms with van der Waals surface area (Å²) in [4.78, 5) is 0. The second-order valence-corrected chi connectivity index (χ2v) is 4.83. The van der Waals surface area contributed by atoms with Gasteiger partial charge in [0.15, 0.2) is 0 Å². The van der Waals surface area contributed by atoms with Crippen molar-refractivity contribution >= 4 is 0 Å². The largest absolute Gasteiger partial charge is 0.388 e. The Bertz CT molecular complexity index is 392. The molecule has 0 heterocycles. The minimum absolute atomic E-state index is 0.302. The average Bonchev–Trinajstić information content (AvgIpc) is 2.33. The molecule has 0 aromatic heterocycles. The molecule has 2 rings (SSSR count). The summed E-state index contributed by atoms with van der Waals surface area (Å²) in [7, 11) is 0. The fraction of sp³-hybridized carbons (Fsp3) is 0.467. The van der Waals surface area contributed by atoms with E-state index in [-0.39, 0.29) is 6.10 Å². The summed E-state index contributed by atoms with van der Waals surface area (Å²) >= 11 is 0. The van der Waals surface area contributed by atoms with Gasteiger partial charge in [-0.3, -0.25) is 0 Å². The molecule has 1 aliphatic rings. The Kier molecular flexibility index (Phi) is 3.45. The second-order valence-electron chi connectivity index (χ2n) is 4.83. The van der Waals surface area contributed by atoms with Crippen molar-refractivity contribution in [2.24, 2.45) is 5.92 Å². The van der Waals surface area contributed by atoms with Gasteiger partial charge in [0, 0.05) is 0 Å². The van der Waals surface area contributed by atoms with E-state index in [1.54, 1.807) is 0 Å². The maximum Gasteiger partial charge on any atom is 0.0821 e. The highest BCUT2D eigenvalue weighted by Crippen LogP contribution is 2.32. The molecule has 1 N–H and O–H groups in total. The minimum Gasteiger partial charge on any atom is -0.388 e. The number of aryl methyl sites for hydroxylation is 2. The number of aliphatic hydroxyl groups is 1. The fourth-order valence-electron chi connectivity index (χ4n) is 2.32. The zero-order valence-electron chi connectivity index (χ0n) is 10.1. The minimum atomic E-state index is -0.302. The van der Waals surface area contributed by atoms with E-state index in [0.717, 1.165) is 24.8 Å². The quantitative estimate of drug-likeness (QED) is 0.747. The lowest BCUT2D eigenvalue weighted by Crippen LogP contribution is -2.14. The van der Waals surface area contributed by atoms with E-state index in [1.807, 2.05) is 0 Å². The Hall–Kier alpha value is -1.08. The lowest BCUT2D eigenvalue weighted by Gasteiger charge is -2.24. The molecule has 1 aromatic carbocycles. The van der Waals surface area contributed by atoms with E-state index in [9.17, 15) is 5.11 Å². The Morgan fingerprint density at radius 2 is 2.00 bits per heavy atom. The SMILES string of the molecule is Cc1ccc(C(O)C2CC=CCC2)cc1C. The van der Waals surface area contributed by atoms with Gasteiger partial charge >= 0.3 is 0 Å². The van der Waals surface area contributed by atoms with E-state index < -0.39 is 0 Å². The molecule has 0 aliphatic heterocycles. The molecule has 0 bridgehead atoms. The molecule has 0 amide bonds. The molecule has 1 nitrogen and oxygen atoms in total. The van der Waals surface area contributed by atoms with Crippen LogP contribution < -0.4 is 0 Å². The van der Waals surface area contributed by atoms with Crippen molar-refractivity contribution in [2.75, 3.05) is 0 Å². The molecule has 0 saturated carbocycles. The van der Waals surface area contributed by atoms with Gasteiger partial charge in [-0.25, -0.2) is 0 Å².